The molecule has 2 rings (SSSR count). The molecule has 3 heteroatoms. The van der Waals surface area contributed by atoms with E-state index >= 15 is 0 Å². The van der Waals surface area contributed by atoms with Crippen molar-refractivity contribution in [1.82, 2.24) is 4.90 Å². The number of likely N-dealkylation sites (tertiary alicyclic amines) is 1. The Labute approximate surface area is 112 Å². The van der Waals surface area contributed by atoms with Gasteiger partial charge in [0.2, 0.25) is 0 Å². The van der Waals surface area contributed by atoms with Crippen molar-refractivity contribution in [2.45, 2.75) is 32.7 Å². The molecule has 1 heterocycles. The van der Waals surface area contributed by atoms with Crippen molar-refractivity contribution in [3.8, 4) is 0 Å². The maximum absolute atomic E-state index is 5.86. The third kappa shape index (κ3) is 3.71. The van der Waals surface area contributed by atoms with Crippen LogP contribution >= 0.6 is 15.9 Å². The van der Waals surface area contributed by atoms with E-state index in [1.54, 1.807) is 0 Å². The Morgan fingerprint density at radius 1 is 1.41 bits per heavy atom. The number of hydrogen-bond acceptors (Lipinski definition) is 2. The van der Waals surface area contributed by atoms with E-state index in [0.29, 0.717) is 0 Å². The predicted octanol–water partition coefficient (Wildman–Crippen LogP) is 3.65. The molecule has 1 aromatic rings. The molecular weight excluding hydrogens is 276 g/mol. The van der Waals surface area contributed by atoms with E-state index in [2.05, 4.69) is 39.9 Å². The molecule has 94 valence electrons. The quantitative estimate of drug-likeness (QED) is 0.860. The summed E-state index contributed by atoms with van der Waals surface area (Å²) < 4.78 is 1.08. The topological polar surface area (TPSA) is 29.3 Å². The minimum Gasteiger partial charge on any atom is -0.399 e. The second-order valence-corrected chi connectivity index (χ2v) is 5.99. The highest BCUT2D eigenvalue weighted by molar-refractivity contribution is 9.10. The van der Waals surface area contributed by atoms with Crippen LogP contribution in [-0.4, -0.2) is 18.0 Å². The van der Waals surface area contributed by atoms with Gasteiger partial charge in [0, 0.05) is 23.2 Å². The maximum atomic E-state index is 5.86. The fraction of sp³-hybridized carbons (Fsp3) is 0.571. The number of anilines is 1. The highest BCUT2D eigenvalue weighted by Crippen LogP contribution is 2.24. The smallest absolute Gasteiger partial charge is 0.0328 e. The van der Waals surface area contributed by atoms with Crippen LogP contribution in [0.15, 0.2) is 22.7 Å². The van der Waals surface area contributed by atoms with Gasteiger partial charge in [-0.1, -0.05) is 29.3 Å². The van der Waals surface area contributed by atoms with Crippen molar-refractivity contribution >= 4 is 21.6 Å². The van der Waals surface area contributed by atoms with Crippen molar-refractivity contribution in [1.29, 1.82) is 0 Å². The van der Waals surface area contributed by atoms with E-state index in [1.165, 1.54) is 37.9 Å². The lowest BCUT2D eigenvalue weighted by Gasteiger charge is -2.16. The van der Waals surface area contributed by atoms with Crippen LogP contribution in [-0.2, 0) is 6.54 Å². The molecule has 1 saturated heterocycles. The Morgan fingerprint density at radius 3 is 2.94 bits per heavy atom. The minimum absolute atomic E-state index is 0.846. The molecule has 0 amide bonds. The van der Waals surface area contributed by atoms with Gasteiger partial charge >= 0.3 is 0 Å². The van der Waals surface area contributed by atoms with Gasteiger partial charge in [0.25, 0.3) is 0 Å². The van der Waals surface area contributed by atoms with Crippen LogP contribution in [0.4, 0.5) is 5.69 Å². The first-order valence-electron chi connectivity index (χ1n) is 6.44. The van der Waals surface area contributed by atoms with E-state index < -0.39 is 0 Å². The number of rotatable bonds is 4. The summed E-state index contributed by atoms with van der Waals surface area (Å²) in [6.07, 6.45) is 4.04. The Morgan fingerprint density at radius 2 is 2.24 bits per heavy atom. The second-order valence-electron chi connectivity index (χ2n) is 5.07. The van der Waals surface area contributed by atoms with Crippen LogP contribution < -0.4 is 5.73 Å². The van der Waals surface area contributed by atoms with Gasteiger partial charge in [0.05, 0.1) is 0 Å². The lowest BCUT2D eigenvalue weighted by Crippen LogP contribution is -2.20. The van der Waals surface area contributed by atoms with Gasteiger partial charge in [-0.05, 0) is 49.1 Å². The lowest BCUT2D eigenvalue weighted by atomic mass is 10.0. The largest absolute Gasteiger partial charge is 0.399 e. The molecule has 0 radical (unpaired) electrons. The molecule has 17 heavy (non-hydrogen) atoms. The second kappa shape index (κ2) is 5.87. The van der Waals surface area contributed by atoms with Gasteiger partial charge in [-0.15, -0.1) is 0 Å². The first kappa shape index (κ1) is 12.9. The maximum Gasteiger partial charge on any atom is 0.0328 e. The third-order valence-electron chi connectivity index (χ3n) is 3.45. The molecular formula is C14H21BrN2. The molecule has 1 aliphatic heterocycles. The molecule has 0 saturated carbocycles. The first-order chi connectivity index (χ1) is 8.17. The van der Waals surface area contributed by atoms with Gasteiger partial charge in [0.15, 0.2) is 0 Å². The van der Waals surface area contributed by atoms with Gasteiger partial charge < -0.3 is 5.73 Å². The molecule has 0 aromatic heterocycles. The van der Waals surface area contributed by atoms with Crippen molar-refractivity contribution < 1.29 is 0 Å². The number of halogens is 1. The zero-order valence-corrected chi connectivity index (χ0v) is 12.0. The number of hydrogen-bond donors (Lipinski definition) is 1. The number of nitrogen functional groups attached to an aromatic ring is 1. The highest BCUT2D eigenvalue weighted by Gasteiger charge is 2.21. The summed E-state index contributed by atoms with van der Waals surface area (Å²) in [6, 6.07) is 6.20. The SMILES string of the molecule is CCCC1CCN(Cc2cc(N)cc(Br)c2)C1. The molecule has 2 nitrogen and oxygen atoms in total. The average molecular weight is 297 g/mol. The predicted molar refractivity (Wildman–Crippen MR) is 76.8 cm³/mol. The van der Waals surface area contributed by atoms with E-state index in [-0.39, 0.29) is 0 Å². The molecule has 0 aliphatic carbocycles. The van der Waals surface area contributed by atoms with Gasteiger partial charge in [-0.25, -0.2) is 0 Å². The zero-order valence-electron chi connectivity index (χ0n) is 10.5. The van der Waals surface area contributed by atoms with Crippen molar-refractivity contribution in [3.05, 3.63) is 28.2 Å². The van der Waals surface area contributed by atoms with Crippen molar-refractivity contribution in [3.63, 3.8) is 0 Å². The first-order valence-corrected chi connectivity index (χ1v) is 7.24. The van der Waals surface area contributed by atoms with Gasteiger partial charge in [0.1, 0.15) is 0 Å². The Kier molecular flexibility index (Phi) is 4.46. The third-order valence-corrected chi connectivity index (χ3v) is 3.91. The number of benzene rings is 1. The Bertz CT molecular complexity index is 358. The van der Waals surface area contributed by atoms with E-state index in [0.717, 1.165) is 22.6 Å². The van der Waals surface area contributed by atoms with Gasteiger partial charge in [-0.2, -0.15) is 0 Å². The van der Waals surface area contributed by atoms with Crippen LogP contribution in [0.2, 0.25) is 0 Å². The fourth-order valence-corrected chi connectivity index (χ4v) is 3.28. The molecule has 0 spiro atoms. The van der Waals surface area contributed by atoms with Crippen molar-refractivity contribution in [2.24, 2.45) is 5.92 Å². The normalized spacial score (nSPS) is 20.9. The highest BCUT2D eigenvalue weighted by atomic mass is 79.9. The molecule has 1 unspecified atom stereocenters. The monoisotopic (exact) mass is 296 g/mol. The molecule has 0 bridgehead atoms. The van der Waals surface area contributed by atoms with Crippen LogP contribution in [0.5, 0.6) is 0 Å². The summed E-state index contributed by atoms with van der Waals surface area (Å²) in [5, 5.41) is 0. The molecule has 1 aliphatic rings. The summed E-state index contributed by atoms with van der Waals surface area (Å²) in [4.78, 5) is 2.54. The molecule has 1 aromatic carbocycles. The van der Waals surface area contributed by atoms with E-state index in [9.17, 15) is 0 Å². The Balaban J connectivity index is 1.93. The average Bonchev–Trinajstić information content (AvgIpc) is 2.64. The molecule has 1 atom stereocenters. The van der Waals surface area contributed by atoms with Crippen molar-refractivity contribution in [2.75, 3.05) is 18.8 Å². The molecule has 1 fully saturated rings. The summed E-state index contributed by atoms with van der Waals surface area (Å²) in [5.74, 6) is 0.907. The van der Waals surface area contributed by atoms with E-state index in [4.69, 9.17) is 5.73 Å². The van der Waals surface area contributed by atoms with Gasteiger partial charge in [-0.3, -0.25) is 4.90 Å². The summed E-state index contributed by atoms with van der Waals surface area (Å²) >= 11 is 3.50. The standard InChI is InChI=1S/C14H21BrN2/c1-2-3-11-4-5-17(9-11)10-12-6-13(15)8-14(16)7-12/h6-8,11H,2-5,9-10,16H2,1H3. The number of nitrogens with two attached hydrogens (primary N) is 1. The number of nitrogens with zero attached hydrogens (tertiary/aromatic N) is 1. The molecule has 2 N–H and O–H groups in total. The lowest BCUT2D eigenvalue weighted by molar-refractivity contribution is 0.313. The van der Waals surface area contributed by atoms with Crippen LogP contribution in [0, 0.1) is 5.92 Å². The Hall–Kier alpha value is -0.540. The van der Waals surface area contributed by atoms with Crippen LogP contribution in [0.3, 0.4) is 0 Å². The fourth-order valence-electron chi connectivity index (χ4n) is 2.73. The zero-order chi connectivity index (χ0) is 12.3. The van der Waals surface area contributed by atoms with E-state index in [1.807, 2.05) is 6.07 Å². The van der Waals surface area contributed by atoms with Crippen LogP contribution in [0.1, 0.15) is 31.7 Å². The summed E-state index contributed by atoms with van der Waals surface area (Å²) in [6.45, 7) is 5.79. The van der Waals surface area contributed by atoms with Crippen LogP contribution in [0.25, 0.3) is 0 Å². The summed E-state index contributed by atoms with van der Waals surface area (Å²) in [5.41, 5.74) is 8.02. The summed E-state index contributed by atoms with van der Waals surface area (Å²) in [7, 11) is 0. The minimum atomic E-state index is 0.846.